The molecule has 2 N–H and O–H groups in total. The van der Waals surface area contributed by atoms with Gasteiger partial charge in [-0.15, -0.1) is 0 Å². The van der Waals surface area contributed by atoms with Crippen molar-refractivity contribution >= 4 is 34.9 Å². The molecule has 0 aliphatic carbocycles. The summed E-state index contributed by atoms with van der Waals surface area (Å²) in [5.41, 5.74) is 5.30. The second kappa shape index (κ2) is 11.9. The summed E-state index contributed by atoms with van der Waals surface area (Å²) in [5.74, 6) is 0. The van der Waals surface area contributed by atoms with Crippen LogP contribution in [0.2, 0.25) is 0 Å². The lowest BCUT2D eigenvalue weighted by Gasteiger charge is -2.34. The minimum atomic E-state index is -0.0757. The van der Waals surface area contributed by atoms with Gasteiger partial charge >= 0.3 is 0 Å². The molecule has 2 saturated heterocycles. The van der Waals surface area contributed by atoms with Crippen molar-refractivity contribution in [3.63, 3.8) is 0 Å². The number of nitrogens with zero attached hydrogens (tertiary/aromatic N) is 3. The SMILES string of the molecule is O=c1cc(N2CCOCC2)cc(-c2cccc3c2Sc2ccc(NC4CCCN(Cc5ccncc5)C4)cc2S3)[nH]1. The van der Waals surface area contributed by atoms with Crippen LogP contribution in [0.15, 0.2) is 97.4 Å². The first-order chi connectivity index (χ1) is 20.2. The highest BCUT2D eigenvalue weighted by atomic mass is 32.2. The smallest absolute Gasteiger partial charge is 0.250 e. The van der Waals surface area contributed by atoms with E-state index in [2.05, 4.69) is 79.7 Å². The topological polar surface area (TPSA) is 73.5 Å². The lowest BCUT2D eigenvalue weighted by Crippen LogP contribution is -2.41. The molecular formula is C32H33N5O2S2. The molecule has 0 bridgehead atoms. The number of piperidine rings is 1. The molecule has 41 heavy (non-hydrogen) atoms. The van der Waals surface area contributed by atoms with Gasteiger partial charge in [0.05, 0.1) is 18.9 Å². The third-order valence-electron chi connectivity index (χ3n) is 7.88. The highest BCUT2D eigenvalue weighted by Crippen LogP contribution is 2.52. The van der Waals surface area contributed by atoms with Crippen molar-refractivity contribution in [3.8, 4) is 11.3 Å². The molecule has 1 atom stereocenters. The standard InChI is InChI=1S/C32H33N5O2S2/c38-31-19-25(37-13-15-39-16-14-37)18-27(35-31)26-4-1-5-29-32(26)41-28-7-6-23(17-30(28)40-29)34-24-3-2-12-36(21-24)20-22-8-10-33-11-9-22/h1,4-11,17-19,24,34H,2-3,12-16,20-21H2,(H,35,38). The summed E-state index contributed by atoms with van der Waals surface area (Å²) in [6, 6.07) is 21.6. The number of ether oxygens (including phenoxy) is 1. The van der Waals surface area contributed by atoms with Crippen LogP contribution in [-0.2, 0) is 11.3 Å². The fourth-order valence-electron chi connectivity index (χ4n) is 5.88. The Balaban J connectivity index is 1.08. The third kappa shape index (κ3) is 6.04. The van der Waals surface area contributed by atoms with Gasteiger partial charge in [0.15, 0.2) is 0 Å². The van der Waals surface area contributed by atoms with Crippen molar-refractivity contribution in [2.24, 2.45) is 0 Å². The molecule has 2 aromatic heterocycles. The minimum absolute atomic E-state index is 0.0757. The molecule has 0 amide bonds. The van der Waals surface area contributed by atoms with Crippen LogP contribution in [0.5, 0.6) is 0 Å². The summed E-state index contributed by atoms with van der Waals surface area (Å²) < 4.78 is 5.51. The van der Waals surface area contributed by atoms with E-state index in [1.165, 1.54) is 43.7 Å². The van der Waals surface area contributed by atoms with Crippen LogP contribution >= 0.6 is 23.5 Å². The van der Waals surface area contributed by atoms with Crippen molar-refractivity contribution < 1.29 is 4.74 Å². The Labute approximate surface area is 248 Å². The number of aromatic nitrogens is 2. The zero-order valence-corrected chi connectivity index (χ0v) is 24.5. The number of nitrogens with one attached hydrogen (secondary N) is 2. The number of likely N-dealkylation sites (tertiary alicyclic amines) is 1. The molecule has 0 saturated carbocycles. The molecule has 4 aromatic rings. The quantitative estimate of drug-likeness (QED) is 0.254. The Morgan fingerprint density at radius 3 is 2.71 bits per heavy atom. The zero-order valence-electron chi connectivity index (χ0n) is 22.8. The van der Waals surface area contributed by atoms with E-state index in [0.29, 0.717) is 19.3 Å². The average molecular weight is 584 g/mol. The number of H-pyrrole nitrogens is 1. The number of fused-ring (bicyclic) bond motifs is 2. The van der Waals surface area contributed by atoms with Gasteiger partial charge in [-0.05, 0) is 67.4 Å². The predicted octanol–water partition coefficient (Wildman–Crippen LogP) is 5.97. The average Bonchev–Trinajstić information content (AvgIpc) is 3.00. The number of pyridine rings is 2. The number of hydrogen-bond acceptors (Lipinski definition) is 8. The maximum Gasteiger partial charge on any atom is 0.250 e. The highest BCUT2D eigenvalue weighted by Gasteiger charge is 2.24. The Bertz CT molecular complexity index is 1590. The monoisotopic (exact) mass is 583 g/mol. The molecule has 7 nitrogen and oxygen atoms in total. The van der Waals surface area contributed by atoms with Crippen molar-refractivity contribution in [1.82, 2.24) is 14.9 Å². The van der Waals surface area contributed by atoms with E-state index < -0.39 is 0 Å². The number of rotatable bonds is 6. The Hall–Kier alpha value is -3.24. The normalized spacial score (nSPS) is 18.9. The summed E-state index contributed by atoms with van der Waals surface area (Å²) in [7, 11) is 0. The first-order valence-corrected chi connectivity index (χ1v) is 15.9. The first-order valence-electron chi connectivity index (χ1n) is 14.3. The van der Waals surface area contributed by atoms with Crippen LogP contribution in [0.1, 0.15) is 18.4 Å². The lowest BCUT2D eigenvalue weighted by atomic mass is 10.0. The number of anilines is 2. The van der Waals surface area contributed by atoms with Crippen molar-refractivity contribution in [2.75, 3.05) is 49.6 Å². The number of morpholine rings is 1. The van der Waals surface area contributed by atoms with Gasteiger partial charge in [0.1, 0.15) is 0 Å². The van der Waals surface area contributed by atoms with Gasteiger partial charge in [-0.25, -0.2) is 0 Å². The number of aromatic amines is 1. The van der Waals surface area contributed by atoms with Crippen LogP contribution in [0.3, 0.4) is 0 Å². The van der Waals surface area contributed by atoms with E-state index in [-0.39, 0.29) is 5.56 Å². The highest BCUT2D eigenvalue weighted by molar-refractivity contribution is 8.05. The fourth-order valence-corrected chi connectivity index (χ4v) is 8.29. The van der Waals surface area contributed by atoms with Crippen LogP contribution in [0.25, 0.3) is 11.3 Å². The van der Waals surface area contributed by atoms with E-state index in [1.807, 2.05) is 24.2 Å². The van der Waals surface area contributed by atoms with Gasteiger partial charge in [-0.2, -0.15) is 0 Å². The van der Waals surface area contributed by atoms with Crippen molar-refractivity contribution in [3.05, 3.63) is 89.0 Å². The molecular weight excluding hydrogens is 551 g/mol. The van der Waals surface area contributed by atoms with E-state index in [9.17, 15) is 4.79 Å². The molecule has 2 fully saturated rings. The van der Waals surface area contributed by atoms with Crippen LogP contribution in [-0.4, -0.2) is 60.3 Å². The molecule has 0 spiro atoms. The van der Waals surface area contributed by atoms with Crippen LogP contribution in [0.4, 0.5) is 11.4 Å². The van der Waals surface area contributed by atoms with Crippen LogP contribution < -0.4 is 15.8 Å². The molecule has 3 aliphatic heterocycles. The molecule has 7 rings (SSSR count). The predicted molar refractivity (Wildman–Crippen MR) is 166 cm³/mol. The Kier molecular flexibility index (Phi) is 7.76. The number of hydrogen-bond donors (Lipinski definition) is 2. The molecule has 1 unspecified atom stereocenters. The molecule has 0 radical (unpaired) electrons. The molecule has 2 aromatic carbocycles. The Morgan fingerprint density at radius 2 is 1.83 bits per heavy atom. The van der Waals surface area contributed by atoms with Gasteiger partial charge in [0.25, 0.3) is 0 Å². The number of benzene rings is 2. The van der Waals surface area contributed by atoms with Gasteiger partial charge in [-0.1, -0.05) is 35.7 Å². The molecule has 5 heterocycles. The fraction of sp³-hybridized carbons (Fsp3) is 0.312. The van der Waals surface area contributed by atoms with Gasteiger partial charge < -0.3 is 19.9 Å². The lowest BCUT2D eigenvalue weighted by molar-refractivity contribution is 0.122. The van der Waals surface area contributed by atoms with E-state index >= 15 is 0 Å². The second-order valence-electron chi connectivity index (χ2n) is 10.8. The van der Waals surface area contributed by atoms with E-state index in [1.54, 1.807) is 17.8 Å². The summed E-state index contributed by atoms with van der Waals surface area (Å²) in [5, 5.41) is 3.82. The van der Waals surface area contributed by atoms with Crippen molar-refractivity contribution in [1.29, 1.82) is 0 Å². The minimum Gasteiger partial charge on any atom is -0.381 e. The Morgan fingerprint density at radius 1 is 0.951 bits per heavy atom. The zero-order chi connectivity index (χ0) is 27.6. The summed E-state index contributed by atoms with van der Waals surface area (Å²) >= 11 is 3.60. The van der Waals surface area contributed by atoms with E-state index in [0.717, 1.165) is 49.7 Å². The molecule has 9 heteroatoms. The maximum atomic E-state index is 12.7. The molecule has 3 aliphatic rings. The molecule has 210 valence electrons. The summed E-state index contributed by atoms with van der Waals surface area (Å²) in [6.07, 6.45) is 6.13. The second-order valence-corrected chi connectivity index (χ2v) is 12.9. The van der Waals surface area contributed by atoms with E-state index in [4.69, 9.17) is 4.74 Å². The third-order valence-corrected chi connectivity index (χ3v) is 10.5. The van der Waals surface area contributed by atoms with Crippen molar-refractivity contribution in [2.45, 2.75) is 45.0 Å². The van der Waals surface area contributed by atoms with Gasteiger partial charge in [-0.3, -0.25) is 14.7 Å². The largest absolute Gasteiger partial charge is 0.381 e. The first kappa shape index (κ1) is 26.6. The van der Waals surface area contributed by atoms with Gasteiger partial charge in [0.2, 0.25) is 5.56 Å². The van der Waals surface area contributed by atoms with Gasteiger partial charge in [0, 0.05) is 87.2 Å². The summed E-state index contributed by atoms with van der Waals surface area (Å²) in [6.45, 7) is 6.12. The summed E-state index contributed by atoms with van der Waals surface area (Å²) in [4.78, 5) is 29.6. The maximum absolute atomic E-state index is 12.7. The van der Waals surface area contributed by atoms with Crippen LogP contribution in [0, 0.1) is 0 Å².